The van der Waals surface area contributed by atoms with E-state index >= 15 is 0 Å². The molecule has 0 aliphatic carbocycles. The summed E-state index contributed by atoms with van der Waals surface area (Å²) in [6, 6.07) is -0.184. The number of nitrogens with two attached hydrogens (primary N) is 1. The quantitative estimate of drug-likeness (QED) is 0.800. The Labute approximate surface area is 106 Å². The van der Waals surface area contributed by atoms with Crippen molar-refractivity contribution in [2.75, 3.05) is 0 Å². The second-order valence-electron chi connectivity index (χ2n) is 3.83. The standard InChI is InChI=1S/C10H17N3O2S2/c1-5-6(2)12-9-7(3)8(4)13-10(16-9)17(11,14)15/h5,8,12H,1-4H3,(H2,11,14,15)/b6-5-. The molecule has 0 fully saturated rings. The van der Waals surface area contributed by atoms with E-state index in [2.05, 4.69) is 10.3 Å². The van der Waals surface area contributed by atoms with E-state index in [0.717, 1.165) is 28.1 Å². The van der Waals surface area contributed by atoms with Gasteiger partial charge < -0.3 is 5.32 Å². The van der Waals surface area contributed by atoms with Gasteiger partial charge in [0, 0.05) is 5.70 Å². The van der Waals surface area contributed by atoms with Crippen LogP contribution < -0.4 is 10.5 Å². The van der Waals surface area contributed by atoms with Gasteiger partial charge >= 0.3 is 0 Å². The predicted molar refractivity (Wildman–Crippen MR) is 72.9 cm³/mol. The van der Waals surface area contributed by atoms with Crippen molar-refractivity contribution in [2.45, 2.75) is 33.7 Å². The highest BCUT2D eigenvalue weighted by atomic mass is 32.3. The molecule has 0 radical (unpaired) electrons. The fourth-order valence-electron chi connectivity index (χ4n) is 1.15. The number of aliphatic imine (C=N–C) groups is 1. The van der Waals surface area contributed by atoms with Crippen LogP contribution in [0.15, 0.2) is 27.4 Å². The molecule has 17 heavy (non-hydrogen) atoms. The van der Waals surface area contributed by atoms with Gasteiger partial charge in [0.05, 0.1) is 11.1 Å². The van der Waals surface area contributed by atoms with E-state index in [0.29, 0.717) is 0 Å². The van der Waals surface area contributed by atoms with E-state index in [-0.39, 0.29) is 10.4 Å². The van der Waals surface area contributed by atoms with E-state index < -0.39 is 10.0 Å². The van der Waals surface area contributed by atoms with E-state index in [1.165, 1.54) is 0 Å². The SMILES string of the molecule is C/C=C(/C)NC1=C(C)C(C)N=C(S(N)(=O)=O)S1. The molecule has 1 atom stereocenters. The maximum atomic E-state index is 11.3. The van der Waals surface area contributed by atoms with E-state index in [1.54, 1.807) is 0 Å². The molecule has 0 saturated heterocycles. The number of sulfonamides is 1. The third-order valence-electron chi connectivity index (χ3n) is 2.46. The first-order valence-corrected chi connectivity index (χ1v) is 7.51. The summed E-state index contributed by atoms with van der Waals surface area (Å²) in [5.74, 6) is 0. The molecule has 3 N–H and O–H groups in total. The summed E-state index contributed by atoms with van der Waals surface area (Å²) < 4.78 is 22.6. The number of hydrogen-bond donors (Lipinski definition) is 2. The van der Waals surface area contributed by atoms with Crippen molar-refractivity contribution in [1.29, 1.82) is 0 Å². The molecule has 1 aliphatic rings. The van der Waals surface area contributed by atoms with Crippen molar-refractivity contribution >= 4 is 26.2 Å². The number of rotatable bonds is 2. The van der Waals surface area contributed by atoms with Crippen LogP contribution in [0, 0.1) is 0 Å². The van der Waals surface area contributed by atoms with Gasteiger partial charge in [-0.25, -0.2) is 13.6 Å². The van der Waals surface area contributed by atoms with Crippen LogP contribution in [-0.2, 0) is 10.0 Å². The number of thioether (sulfide) groups is 1. The Morgan fingerprint density at radius 1 is 1.59 bits per heavy atom. The fraction of sp³-hybridized carbons (Fsp3) is 0.500. The monoisotopic (exact) mass is 275 g/mol. The minimum Gasteiger partial charge on any atom is -0.354 e. The van der Waals surface area contributed by atoms with Crippen LogP contribution in [0.4, 0.5) is 0 Å². The molecule has 0 saturated carbocycles. The summed E-state index contributed by atoms with van der Waals surface area (Å²) >= 11 is 1.06. The van der Waals surface area contributed by atoms with Gasteiger partial charge in [0.2, 0.25) is 4.38 Å². The Morgan fingerprint density at radius 3 is 2.65 bits per heavy atom. The number of allylic oxidation sites excluding steroid dienone is 2. The lowest BCUT2D eigenvalue weighted by atomic mass is 10.2. The average Bonchev–Trinajstić information content (AvgIpc) is 2.22. The molecule has 0 aromatic carbocycles. The molecular formula is C10H17N3O2S2. The van der Waals surface area contributed by atoms with Gasteiger partial charge in [-0.15, -0.1) is 0 Å². The Bertz CT molecular complexity index is 504. The van der Waals surface area contributed by atoms with Crippen molar-refractivity contribution in [3.05, 3.63) is 22.4 Å². The number of nitrogens with zero attached hydrogens (tertiary/aromatic N) is 1. The number of primary sulfonamides is 1. The van der Waals surface area contributed by atoms with Crippen LogP contribution in [0.25, 0.3) is 0 Å². The molecule has 0 bridgehead atoms. The fourth-order valence-corrected chi connectivity index (χ4v) is 3.09. The van der Waals surface area contributed by atoms with Crippen LogP contribution in [-0.4, -0.2) is 18.8 Å². The maximum absolute atomic E-state index is 11.3. The maximum Gasteiger partial charge on any atom is 0.261 e. The van der Waals surface area contributed by atoms with Gasteiger partial charge in [0.1, 0.15) is 0 Å². The van der Waals surface area contributed by atoms with Crippen LogP contribution in [0.1, 0.15) is 27.7 Å². The summed E-state index contributed by atoms with van der Waals surface area (Å²) in [5, 5.41) is 9.04. The van der Waals surface area contributed by atoms with E-state index in [9.17, 15) is 8.42 Å². The highest BCUT2D eigenvalue weighted by molar-refractivity contribution is 8.36. The zero-order chi connectivity index (χ0) is 13.2. The van der Waals surface area contributed by atoms with Crippen molar-refractivity contribution in [3.8, 4) is 0 Å². The van der Waals surface area contributed by atoms with Gasteiger partial charge in [-0.2, -0.15) is 0 Å². The largest absolute Gasteiger partial charge is 0.354 e. The second kappa shape index (κ2) is 5.24. The Hall–Kier alpha value is -0.790. The van der Waals surface area contributed by atoms with Gasteiger partial charge in [0.25, 0.3) is 10.0 Å². The van der Waals surface area contributed by atoms with Gasteiger partial charge in [-0.1, -0.05) is 6.08 Å². The predicted octanol–water partition coefficient (Wildman–Crippen LogP) is 1.51. The summed E-state index contributed by atoms with van der Waals surface area (Å²) in [6.07, 6.45) is 1.91. The van der Waals surface area contributed by atoms with Gasteiger partial charge in [0.15, 0.2) is 0 Å². The first-order chi connectivity index (χ1) is 7.75. The Morgan fingerprint density at radius 2 is 2.18 bits per heavy atom. The summed E-state index contributed by atoms with van der Waals surface area (Å²) in [5.41, 5.74) is 1.96. The first kappa shape index (κ1) is 14.3. The average molecular weight is 275 g/mol. The molecule has 96 valence electrons. The lowest BCUT2D eigenvalue weighted by Gasteiger charge is -2.22. The van der Waals surface area contributed by atoms with Gasteiger partial charge in [-0.05, 0) is 45.0 Å². The molecule has 1 unspecified atom stereocenters. The van der Waals surface area contributed by atoms with Crippen LogP contribution in [0.3, 0.4) is 0 Å². The Kier molecular flexibility index (Phi) is 4.40. The van der Waals surface area contributed by atoms with E-state index in [1.807, 2.05) is 33.8 Å². The number of nitrogens with one attached hydrogen (secondary N) is 1. The summed E-state index contributed by atoms with van der Waals surface area (Å²) in [4.78, 5) is 4.07. The molecule has 7 heteroatoms. The van der Waals surface area contributed by atoms with Gasteiger partial charge in [-0.3, -0.25) is 4.99 Å². The molecular weight excluding hydrogens is 258 g/mol. The molecule has 0 aromatic heterocycles. The molecule has 0 aromatic rings. The molecule has 5 nitrogen and oxygen atoms in total. The van der Waals surface area contributed by atoms with Crippen molar-refractivity contribution in [2.24, 2.45) is 10.1 Å². The molecule has 0 amide bonds. The molecule has 1 heterocycles. The smallest absolute Gasteiger partial charge is 0.261 e. The third kappa shape index (κ3) is 3.58. The highest BCUT2D eigenvalue weighted by Crippen LogP contribution is 2.30. The van der Waals surface area contributed by atoms with Crippen molar-refractivity contribution in [3.63, 3.8) is 0 Å². The first-order valence-electron chi connectivity index (χ1n) is 5.15. The topological polar surface area (TPSA) is 84.5 Å². The minimum absolute atomic E-state index is 0.0398. The van der Waals surface area contributed by atoms with Crippen LogP contribution in [0.2, 0.25) is 0 Å². The molecule has 0 spiro atoms. The molecule has 1 aliphatic heterocycles. The van der Waals surface area contributed by atoms with Crippen LogP contribution >= 0.6 is 11.8 Å². The Balaban J connectivity index is 3.04. The third-order valence-corrected chi connectivity index (χ3v) is 4.91. The number of hydrogen-bond acceptors (Lipinski definition) is 5. The normalized spacial score (nSPS) is 22.5. The highest BCUT2D eigenvalue weighted by Gasteiger charge is 2.25. The lowest BCUT2D eigenvalue weighted by Crippen LogP contribution is -2.28. The zero-order valence-electron chi connectivity index (χ0n) is 10.3. The minimum atomic E-state index is -3.74. The molecule has 1 rings (SSSR count). The van der Waals surface area contributed by atoms with Crippen molar-refractivity contribution in [1.82, 2.24) is 5.32 Å². The summed E-state index contributed by atoms with van der Waals surface area (Å²) in [6.45, 7) is 7.58. The lowest BCUT2D eigenvalue weighted by molar-refractivity contribution is 0.609. The van der Waals surface area contributed by atoms with Crippen molar-refractivity contribution < 1.29 is 8.42 Å². The van der Waals surface area contributed by atoms with E-state index in [4.69, 9.17) is 5.14 Å². The second-order valence-corrected chi connectivity index (χ2v) is 6.56. The zero-order valence-corrected chi connectivity index (χ0v) is 11.9. The summed E-state index contributed by atoms with van der Waals surface area (Å²) in [7, 11) is -3.74. The van der Waals surface area contributed by atoms with Crippen LogP contribution in [0.5, 0.6) is 0 Å².